The minimum absolute atomic E-state index is 0.0449. The zero-order valence-electron chi connectivity index (χ0n) is 18.8. The fourth-order valence-electron chi connectivity index (χ4n) is 4.63. The molecule has 0 aromatic heterocycles. The molecule has 2 aliphatic rings. The van der Waals surface area contributed by atoms with Crippen LogP contribution >= 0.6 is 0 Å². The van der Waals surface area contributed by atoms with Crippen molar-refractivity contribution in [1.29, 1.82) is 0 Å². The lowest BCUT2D eigenvalue weighted by Crippen LogP contribution is -2.44. The molecule has 1 atom stereocenters. The van der Waals surface area contributed by atoms with Crippen LogP contribution in [0.1, 0.15) is 41.6 Å². The molecule has 0 aliphatic carbocycles. The summed E-state index contributed by atoms with van der Waals surface area (Å²) in [5, 5.41) is 2.81. The number of benzene rings is 2. The molecule has 2 fully saturated rings. The van der Waals surface area contributed by atoms with Crippen LogP contribution in [0.3, 0.4) is 0 Å². The fraction of sp³-hybridized carbons (Fsp3) is 0.440. The average molecular weight is 438 g/mol. The van der Waals surface area contributed by atoms with Gasteiger partial charge in [-0.05, 0) is 68.0 Å². The van der Waals surface area contributed by atoms with Crippen molar-refractivity contribution in [3.05, 3.63) is 53.6 Å². The predicted molar refractivity (Wildman–Crippen MR) is 124 cm³/mol. The largest absolute Gasteiger partial charge is 0.493 e. The number of urea groups is 1. The van der Waals surface area contributed by atoms with E-state index in [2.05, 4.69) is 11.4 Å². The van der Waals surface area contributed by atoms with E-state index in [0.29, 0.717) is 18.7 Å². The Labute approximate surface area is 189 Å². The molecule has 2 aliphatic heterocycles. The zero-order valence-corrected chi connectivity index (χ0v) is 18.8. The molecule has 3 amide bonds. The van der Waals surface area contributed by atoms with Gasteiger partial charge >= 0.3 is 6.03 Å². The van der Waals surface area contributed by atoms with Gasteiger partial charge in [0.15, 0.2) is 11.5 Å². The fourth-order valence-corrected chi connectivity index (χ4v) is 4.63. The minimum Gasteiger partial charge on any atom is -0.493 e. The van der Waals surface area contributed by atoms with Crippen molar-refractivity contribution in [2.75, 3.05) is 38.8 Å². The van der Waals surface area contributed by atoms with Crippen LogP contribution in [0.25, 0.3) is 0 Å². The maximum absolute atomic E-state index is 13.4. The van der Waals surface area contributed by atoms with Gasteiger partial charge in [-0.3, -0.25) is 9.69 Å². The number of hydrogen-bond acceptors (Lipinski definition) is 4. The molecule has 4 rings (SSSR count). The first-order valence-corrected chi connectivity index (χ1v) is 11.3. The van der Waals surface area contributed by atoms with Crippen LogP contribution < -0.4 is 19.7 Å². The Morgan fingerprint density at radius 3 is 2.66 bits per heavy atom. The number of hydrogen-bond donors (Lipinski definition) is 1. The Morgan fingerprint density at radius 1 is 1.06 bits per heavy atom. The van der Waals surface area contributed by atoms with Crippen molar-refractivity contribution in [2.45, 2.75) is 38.1 Å². The summed E-state index contributed by atoms with van der Waals surface area (Å²) in [5.74, 6) is 1.49. The molecule has 170 valence electrons. The van der Waals surface area contributed by atoms with E-state index in [1.807, 2.05) is 41.3 Å². The number of amides is 3. The van der Waals surface area contributed by atoms with Crippen molar-refractivity contribution >= 4 is 17.6 Å². The van der Waals surface area contributed by atoms with Gasteiger partial charge in [-0.15, -0.1) is 0 Å². The Kier molecular flexibility index (Phi) is 6.83. The van der Waals surface area contributed by atoms with E-state index in [4.69, 9.17) is 9.47 Å². The standard InChI is InChI=1S/C25H31N3O4/c1-31-22-12-10-18(16-23(22)32-2)9-11-20-7-3-4-14-27(20)24(29)19-6-5-8-21(17-19)28-15-13-26-25(28)30/h5-6,8,10,12,16-17,20H,3-4,7,9,11,13-15H2,1-2H3,(H,26,30). The summed E-state index contributed by atoms with van der Waals surface area (Å²) in [7, 11) is 3.28. The van der Waals surface area contributed by atoms with Crippen LogP contribution in [0, 0.1) is 0 Å². The van der Waals surface area contributed by atoms with Crippen LogP contribution in [0.2, 0.25) is 0 Å². The van der Waals surface area contributed by atoms with Crippen LogP contribution in [-0.4, -0.2) is 56.7 Å². The lowest BCUT2D eigenvalue weighted by molar-refractivity contribution is 0.0602. The molecule has 1 unspecified atom stereocenters. The highest BCUT2D eigenvalue weighted by atomic mass is 16.5. The van der Waals surface area contributed by atoms with Gasteiger partial charge in [0.25, 0.3) is 5.91 Å². The molecule has 7 nitrogen and oxygen atoms in total. The van der Waals surface area contributed by atoms with E-state index in [1.54, 1.807) is 19.1 Å². The van der Waals surface area contributed by atoms with E-state index in [9.17, 15) is 9.59 Å². The van der Waals surface area contributed by atoms with Crippen LogP contribution in [0.4, 0.5) is 10.5 Å². The molecule has 0 spiro atoms. The number of methoxy groups -OCH3 is 2. The number of nitrogens with zero attached hydrogens (tertiary/aromatic N) is 2. The van der Waals surface area contributed by atoms with E-state index in [0.717, 1.165) is 55.8 Å². The van der Waals surface area contributed by atoms with Crippen LogP contribution in [-0.2, 0) is 6.42 Å². The van der Waals surface area contributed by atoms with E-state index in [-0.39, 0.29) is 18.0 Å². The Bertz CT molecular complexity index is 977. The third kappa shape index (κ3) is 4.66. The van der Waals surface area contributed by atoms with E-state index >= 15 is 0 Å². The summed E-state index contributed by atoms with van der Waals surface area (Å²) in [6, 6.07) is 13.5. The molecule has 2 saturated heterocycles. The number of aryl methyl sites for hydroxylation is 1. The van der Waals surface area contributed by atoms with Gasteiger partial charge in [-0.25, -0.2) is 4.79 Å². The molecule has 1 N–H and O–H groups in total. The molecule has 0 saturated carbocycles. The van der Waals surface area contributed by atoms with Gasteiger partial charge in [-0.1, -0.05) is 12.1 Å². The number of anilines is 1. The number of ether oxygens (including phenoxy) is 2. The smallest absolute Gasteiger partial charge is 0.321 e. The number of likely N-dealkylation sites (tertiary alicyclic amines) is 1. The molecule has 32 heavy (non-hydrogen) atoms. The molecule has 7 heteroatoms. The van der Waals surface area contributed by atoms with Gasteiger partial charge < -0.3 is 19.7 Å². The Morgan fingerprint density at radius 2 is 1.91 bits per heavy atom. The molecular weight excluding hydrogens is 406 g/mol. The van der Waals surface area contributed by atoms with E-state index < -0.39 is 0 Å². The second-order valence-electron chi connectivity index (χ2n) is 8.31. The summed E-state index contributed by atoms with van der Waals surface area (Å²) in [5.41, 5.74) is 2.58. The molecule has 2 aromatic rings. The SMILES string of the molecule is COc1ccc(CCC2CCCCN2C(=O)c2cccc(N3CCNC3=O)c2)cc1OC. The molecule has 0 radical (unpaired) electrons. The summed E-state index contributed by atoms with van der Waals surface area (Å²) in [4.78, 5) is 29.1. The summed E-state index contributed by atoms with van der Waals surface area (Å²) in [6.07, 6.45) is 4.92. The zero-order chi connectivity index (χ0) is 22.5. The lowest BCUT2D eigenvalue weighted by atomic mass is 9.95. The second-order valence-corrected chi connectivity index (χ2v) is 8.31. The molecular formula is C25H31N3O4. The first kappa shape index (κ1) is 22.0. The highest BCUT2D eigenvalue weighted by molar-refractivity contribution is 5.98. The molecule has 2 aromatic carbocycles. The van der Waals surface area contributed by atoms with Crippen LogP contribution in [0.15, 0.2) is 42.5 Å². The minimum atomic E-state index is -0.111. The quantitative estimate of drug-likeness (QED) is 0.714. The van der Waals surface area contributed by atoms with Gasteiger partial charge in [-0.2, -0.15) is 0 Å². The first-order chi connectivity index (χ1) is 15.6. The van der Waals surface area contributed by atoms with Gasteiger partial charge in [0, 0.05) is 36.9 Å². The number of piperidine rings is 1. The predicted octanol–water partition coefficient (Wildman–Crippen LogP) is 3.86. The number of carbonyl (C=O) groups excluding carboxylic acids is 2. The Balaban J connectivity index is 1.46. The van der Waals surface area contributed by atoms with Crippen molar-refractivity contribution in [3.63, 3.8) is 0 Å². The summed E-state index contributed by atoms with van der Waals surface area (Å²) < 4.78 is 10.8. The highest BCUT2D eigenvalue weighted by Crippen LogP contribution is 2.30. The second kappa shape index (κ2) is 9.94. The topological polar surface area (TPSA) is 71.1 Å². The van der Waals surface area contributed by atoms with E-state index in [1.165, 1.54) is 5.56 Å². The van der Waals surface area contributed by atoms with Crippen molar-refractivity contribution in [3.8, 4) is 11.5 Å². The maximum atomic E-state index is 13.4. The van der Waals surface area contributed by atoms with Crippen molar-refractivity contribution in [2.24, 2.45) is 0 Å². The molecule has 2 heterocycles. The lowest BCUT2D eigenvalue weighted by Gasteiger charge is -2.36. The number of carbonyl (C=O) groups is 2. The summed E-state index contributed by atoms with van der Waals surface area (Å²) >= 11 is 0. The monoisotopic (exact) mass is 437 g/mol. The van der Waals surface area contributed by atoms with Crippen LogP contribution in [0.5, 0.6) is 11.5 Å². The van der Waals surface area contributed by atoms with Gasteiger partial charge in [0.1, 0.15) is 0 Å². The Hall–Kier alpha value is -3.22. The number of rotatable bonds is 7. The van der Waals surface area contributed by atoms with Gasteiger partial charge in [0.2, 0.25) is 0 Å². The van der Waals surface area contributed by atoms with Crippen molar-refractivity contribution < 1.29 is 19.1 Å². The third-order valence-electron chi connectivity index (χ3n) is 6.36. The first-order valence-electron chi connectivity index (χ1n) is 11.3. The van der Waals surface area contributed by atoms with Gasteiger partial charge in [0.05, 0.1) is 14.2 Å². The van der Waals surface area contributed by atoms with Crippen molar-refractivity contribution in [1.82, 2.24) is 10.2 Å². The highest BCUT2D eigenvalue weighted by Gasteiger charge is 2.28. The molecule has 0 bridgehead atoms. The maximum Gasteiger partial charge on any atom is 0.321 e. The normalized spacial score (nSPS) is 18.4. The average Bonchev–Trinajstić information content (AvgIpc) is 3.28. The summed E-state index contributed by atoms with van der Waals surface area (Å²) in [6.45, 7) is 2.01. The third-order valence-corrected chi connectivity index (χ3v) is 6.36. The number of nitrogens with one attached hydrogen (secondary N) is 1.